The summed E-state index contributed by atoms with van der Waals surface area (Å²) >= 11 is 0. The van der Waals surface area contributed by atoms with Gasteiger partial charge in [-0.15, -0.1) is 0 Å². The van der Waals surface area contributed by atoms with Crippen LogP contribution < -0.4 is 11.1 Å². The van der Waals surface area contributed by atoms with Crippen molar-refractivity contribution in [3.8, 4) is 0 Å². The zero-order valence-electron chi connectivity index (χ0n) is 8.50. The summed E-state index contributed by atoms with van der Waals surface area (Å²) in [6, 6.07) is 0.280. The standard InChI is InChI=1S/C10H22N2O/c1-2-8-4-6-12-9(7-8)10(13)3-5-11/h8-10,12-13H,2-7,11H2,1H3. The van der Waals surface area contributed by atoms with E-state index in [2.05, 4.69) is 12.2 Å². The van der Waals surface area contributed by atoms with E-state index in [0.29, 0.717) is 13.0 Å². The van der Waals surface area contributed by atoms with Gasteiger partial charge in [-0.3, -0.25) is 0 Å². The second-order valence-corrected chi connectivity index (χ2v) is 4.00. The van der Waals surface area contributed by atoms with Crippen molar-refractivity contribution >= 4 is 0 Å². The topological polar surface area (TPSA) is 58.3 Å². The van der Waals surface area contributed by atoms with Gasteiger partial charge in [-0.1, -0.05) is 13.3 Å². The van der Waals surface area contributed by atoms with Gasteiger partial charge in [0.15, 0.2) is 0 Å². The molecule has 0 aromatic carbocycles. The SMILES string of the molecule is CCC1CCNC(C(O)CCN)C1. The summed E-state index contributed by atoms with van der Waals surface area (Å²) in [5.74, 6) is 0.790. The van der Waals surface area contributed by atoms with E-state index in [1.165, 1.54) is 12.8 Å². The van der Waals surface area contributed by atoms with Crippen LogP contribution in [0.5, 0.6) is 0 Å². The van der Waals surface area contributed by atoms with Crippen molar-refractivity contribution in [1.82, 2.24) is 5.32 Å². The molecule has 1 aliphatic rings. The first kappa shape index (κ1) is 11.0. The Morgan fingerprint density at radius 3 is 3.00 bits per heavy atom. The molecule has 0 radical (unpaired) electrons. The lowest BCUT2D eigenvalue weighted by atomic mass is 9.87. The molecule has 0 spiro atoms. The predicted octanol–water partition coefficient (Wildman–Crippen LogP) is 0.474. The fourth-order valence-corrected chi connectivity index (χ4v) is 2.07. The Morgan fingerprint density at radius 2 is 2.38 bits per heavy atom. The molecule has 1 fully saturated rings. The van der Waals surface area contributed by atoms with Gasteiger partial charge in [-0.2, -0.15) is 0 Å². The van der Waals surface area contributed by atoms with E-state index >= 15 is 0 Å². The molecule has 0 aromatic heterocycles. The van der Waals surface area contributed by atoms with Gasteiger partial charge in [-0.25, -0.2) is 0 Å². The molecule has 3 nitrogen and oxygen atoms in total. The first-order valence-corrected chi connectivity index (χ1v) is 5.39. The van der Waals surface area contributed by atoms with E-state index in [9.17, 15) is 5.11 Å². The van der Waals surface area contributed by atoms with Crippen LogP contribution in [0.3, 0.4) is 0 Å². The molecule has 0 aliphatic carbocycles. The van der Waals surface area contributed by atoms with E-state index in [4.69, 9.17) is 5.73 Å². The smallest absolute Gasteiger partial charge is 0.0705 e. The summed E-state index contributed by atoms with van der Waals surface area (Å²) in [4.78, 5) is 0. The summed E-state index contributed by atoms with van der Waals surface area (Å²) in [5.41, 5.74) is 5.42. The Balaban J connectivity index is 2.32. The lowest BCUT2D eigenvalue weighted by Crippen LogP contribution is -2.46. The first-order valence-electron chi connectivity index (χ1n) is 5.39. The Hall–Kier alpha value is -0.120. The number of nitrogens with two attached hydrogens (primary N) is 1. The maximum Gasteiger partial charge on any atom is 0.0705 e. The third-order valence-electron chi connectivity index (χ3n) is 3.05. The summed E-state index contributed by atoms with van der Waals surface area (Å²) in [6.07, 6.45) is 4.06. The molecule has 1 heterocycles. The van der Waals surface area contributed by atoms with E-state index in [0.717, 1.165) is 18.9 Å². The maximum absolute atomic E-state index is 9.74. The van der Waals surface area contributed by atoms with Crippen molar-refractivity contribution in [3.63, 3.8) is 0 Å². The van der Waals surface area contributed by atoms with Crippen LogP contribution in [0.1, 0.15) is 32.6 Å². The minimum absolute atomic E-state index is 0.251. The summed E-state index contributed by atoms with van der Waals surface area (Å²) < 4.78 is 0. The third-order valence-corrected chi connectivity index (χ3v) is 3.05. The van der Waals surface area contributed by atoms with Gasteiger partial charge in [0.25, 0.3) is 0 Å². The summed E-state index contributed by atoms with van der Waals surface area (Å²) in [6.45, 7) is 3.85. The molecule has 0 amide bonds. The average Bonchev–Trinajstić information content (AvgIpc) is 2.18. The summed E-state index contributed by atoms with van der Waals surface area (Å²) in [5, 5.41) is 13.1. The fraction of sp³-hybridized carbons (Fsp3) is 1.00. The molecule has 4 N–H and O–H groups in total. The van der Waals surface area contributed by atoms with Crippen LogP contribution in [0.25, 0.3) is 0 Å². The van der Waals surface area contributed by atoms with Crippen molar-refractivity contribution in [1.29, 1.82) is 0 Å². The number of hydrogen-bond acceptors (Lipinski definition) is 3. The number of aliphatic hydroxyl groups excluding tert-OH is 1. The molecule has 1 aliphatic heterocycles. The van der Waals surface area contributed by atoms with Crippen molar-refractivity contribution < 1.29 is 5.11 Å². The van der Waals surface area contributed by atoms with Crippen molar-refractivity contribution in [2.24, 2.45) is 11.7 Å². The number of hydrogen-bond donors (Lipinski definition) is 3. The summed E-state index contributed by atoms with van der Waals surface area (Å²) in [7, 11) is 0. The van der Waals surface area contributed by atoms with Crippen LogP contribution in [0.15, 0.2) is 0 Å². The zero-order valence-corrected chi connectivity index (χ0v) is 8.50. The number of rotatable bonds is 4. The van der Waals surface area contributed by atoms with Gasteiger partial charge < -0.3 is 16.2 Å². The highest BCUT2D eigenvalue weighted by Crippen LogP contribution is 2.21. The van der Waals surface area contributed by atoms with E-state index in [1.54, 1.807) is 0 Å². The molecule has 0 bridgehead atoms. The predicted molar refractivity (Wildman–Crippen MR) is 54.5 cm³/mol. The van der Waals surface area contributed by atoms with Crippen molar-refractivity contribution in [2.45, 2.75) is 44.8 Å². The molecule has 1 rings (SSSR count). The van der Waals surface area contributed by atoms with Gasteiger partial charge >= 0.3 is 0 Å². The molecule has 0 saturated carbocycles. The minimum atomic E-state index is -0.251. The Morgan fingerprint density at radius 1 is 1.62 bits per heavy atom. The quantitative estimate of drug-likeness (QED) is 0.598. The van der Waals surface area contributed by atoms with Crippen LogP contribution in [0.4, 0.5) is 0 Å². The lowest BCUT2D eigenvalue weighted by molar-refractivity contribution is 0.0923. The maximum atomic E-state index is 9.74. The monoisotopic (exact) mass is 186 g/mol. The van der Waals surface area contributed by atoms with Crippen LogP contribution in [0, 0.1) is 5.92 Å². The molecular formula is C10H22N2O. The molecule has 3 heteroatoms. The minimum Gasteiger partial charge on any atom is -0.391 e. The number of nitrogens with one attached hydrogen (secondary N) is 1. The third kappa shape index (κ3) is 3.25. The van der Waals surface area contributed by atoms with Gasteiger partial charge in [0, 0.05) is 6.04 Å². The van der Waals surface area contributed by atoms with E-state index < -0.39 is 0 Å². The molecule has 0 aromatic rings. The number of piperidine rings is 1. The van der Waals surface area contributed by atoms with Crippen molar-refractivity contribution in [2.75, 3.05) is 13.1 Å². The second-order valence-electron chi connectivity index (χ2n) is 4.00. The van der Waals surface area contributed by atoms with E-state index in [1.807, 2.05) is 0 Å². The highest BCUT2D eigenvalue weighted by Gasteiger charge is 2.25. The van der Waals surface area contributed by atoms with Crippen LogP contribution in [0.2, 0.25) is 0 Å². The van der Waals surface area contributed by atoms with Gasteiger partial charge in [-0.05, 0) is 38.3 Å². The molecule has 3 unspecified atom stereocenters. The number of aliphatic hydroxyl groups is 1. The Labute approximate surface area is 80.7 Å². The molecular weight excluding hydrogens is 164 g/mol. The van der Waals surface area contributed by atoms with Crippen LogP contribution in [-0.4, -0.2) is 30.3 Å². The largest absolute Gasteiger partial charge is 0.391 e. The van der Waals surface area contributed by atoms with Crippen LogP contribution >= 0.6 is 0 Å². The molecule has 1 saturated heterocycles. The van der Waals surface area contributed by atoms with Gasteiger partial charge in [0.05, 0.1) is 6.10 Å². The molecule has 13 heavy (non-hydrogen) atoms. The zero-order chi connectivity index (χ0) is 9.68. The Kier molecular flexibility index (Phi) is 4.70. The molecule has 78 valence electrons. The molecule has 3 atom stereocenters. The highest BCUT2D eigenvalue weighted by atomic mass is 16.3. The second kappa shape index (κ2) is 5.58. The lowest BCUT2D eigenvalue weighted by Gasteiger charge is -2.32. The fourth-order valence-electron chi connectivity index (χ4n) is 2.07. The Bertz CT molecular complexity index is 141. The normalized spacial score (nSPS) is 31.6. The first-order chi connectivity index (χ1) is 6.27. The highest BCUT2D eigenvalue weighted by molar-refractivity contribution is 4.83. The van der Waals surface area contributed by atoms with Gasteiger partial charge in [0.2, 0.25) is 0 Å². The average molecular weight is 186 g/mol. The van der Waals surface area contributed by atoms with E-state index in [-0.39, 0.29) is 12.1 Å². The van der Waals surface area contributed by atoms with Gasteiger partial charge in [0.1, 0.15) is 0 Å². The van der Waals surface area contributed by atoms with Crippen LogP contribution in [-0.2, 0) is 0 Å². The van der Waals surface area contributed by atoms with Crippen molar-refractivity contribution in [3.05, 3.63) is 0 Å².